The van der Waals surface area contributed by atoms with Gasteiger partial charge in [0, 0.05) is 17.4 Å². The zero-order valence-electron chi connectivity index (χ0n) is 10.9. The molecule has 1 aliphatic carbocycles. The molecule has 4 nitrogen and oxygen atoms in total. The van der Waals surface area contributed by atoms with Gasteiger partial charge in [0.1, 0.15) is 0 Å². The normalized spacial score (nSPS) is 22.1. The SMILES string of the molecule is CCOC(=O)c1cc(NC2CC(C)C2)ccc1N. The first-order chi connectivity index (χ1) is 8.60. The molecule has 0 atom stereocenters. The highest BCUT2D eigenvalue weighted by Crippen LogP contribution is 2.30. The molecule has 0 aliphatic heterocycles. The van der Waals surface area contributed by atoms with Crippen molar-refractivity contribution in [2.45, 2.75) is 32.7 Å². The summed E-state index contributed by atoms with van der Waals surface area (Å²) in [5.41, 5.74) is 7.62. The topological polar surface area (TPSA) is 64.3 Å². The van der Waals surface area contributed by atoms with Crippen LogP contribution >= 0.6 is 0 Å². The van der Waals surface area contributed by atoms with Gasteiger partial charge in [-0.15, -0.1) is 0 Å². The fourth-order valence-corrected chi connectivity index (χ4v) is 2.29. The number of nitrogens with two attached hydrogens (primary N) is 1. The molecule has 0 spiro atoms. The molecule has 3 N–H and O–H groups in total. The van der Waals surface area contributed by atoms with Crippen LogP contribution in [0, 0.1) is 5.92 Å². The van der Waals surface area contributed by atoms with Crippen molar-refractivity contribution in [3.8, 4) is 0 Å². The third kappa shape index (κ3) is 2.75. The van der Waals surface area contributed by atoms with E-state index in [2.05, 4.69) is 12.2 Å². The van der Waals surface area contributed by atoms with E-state index in [1.54, 1.807) is 19.1 Å². The minimum absolute atomic E-state index is 0.357. The molecule has 0 radical (unpaired) electrons. The number of hydrogen-bond donors (Lipinski definition) is 2. The van der Waals surface area contributed by atoms with Gasteiger partial charge in [-0.3, -0.25) is 0 Å². The van der Waals surface area contributed by atoms with Crippen molar-refractivity contribution in [1.29, 1.82) is 0 Å². The van der Waals surface area contributed by atoms with Gasteiger partial charge in [0.15, 0.2) is 0 Å². The molecule has 1 saturated carbocycles. The zero-order chi connectivity index (χ0) is 13.1. The van der Waals surface area contributed by atoms with Gasteiger partial charge < -0.3 is 15.8 Å². The van der Waals surface area contributed by atoms with Crippen molar-refractivity contribution < 1.29 is 9.53 Å². The molecule has 1 aromatic rings. The van der Waals surface area contributed by atoms with Crippen molar-refractivity contribution >= 4 is 17.3 Å². The number of nitrogens with one attached hydrogen (secondary N) is 1. The molecule has 2 rings (SSSR count). The number of rotatable bonds is 4. The van der Waals surface area contributed by atoms with Crippen LogP contribution in [0.2, 0.25) is 0 Å². The van der Waals surface area contributed by atoms with Crippen LogP contribution < -0.4 is 11.1 Å². The monoisotopic (exact) mass is 248 g/mol. The van der Waals surface area contributed by atoms with Crippen LogP contribution in [0.25, 0.3) is 0 Å². The first kappa shape index (κ1) is 12.7. The second kappa shape index (κ2) is 5.29. The van der Waals surface area contributed by atoms with Crippen molar-refractivity contribution in [2.75, 3.05) is 17.7 Å². The highest BCUT2D eigenvalue weighted by molar-refractivity contribution is 5.96. The molecule has 0 saturated heterocycles. The van der Waals surface area contributed by atoms with E-state index in [1.807, 2.05) is 6.07 Å². The van der Waals surface area contributed by atoms with Crippen molar-refractivity contribution in [3.05, 3.63) is 23.8 Å². The van der Waals surface area contributed by atoms with Crippen molar-refractivity contribution in [2.24, 2.45) is 5.92 Å². The van der Waals surface area contributed by atoms with Gasteiger partial charge in [-0.2, -0.15) is 0 Å². The largest absolute Gasteiger partial charge is 0.462 e. The maximum absolute atomic E-state index is 11.7. The number of benzene rings is 1. The summed E-state index contributed by atoms with van der Waals surface area (Å²) < 4.78 is 4.98. The van der Waals surface area contributed by atoms with Crippen LogP contribution in [-0.2, 0) is 4.74 Å². The smallest absolute Gasteiger partial charge is 0.340 e. The van der Waals surface area contributed by atoms with E-state index in [0.29, 0.717) is 23.9 Å². The lowest BCUT2D eigenvalue weighted by atomic mass is 9.82. The Morgan fingerprint density at radius 2 is 2.22 bits per heavy atom. The van der Waals surface area contributed by atoms with E-state index in [1.165, 1.54) is 12.8 Å². The molecule has 0 unspecified atom stereocenters. The number of nitrogen functional groups attached to an aromatic ring is 1. The predicted octanol–water partition coefficient (Wildman–Crippen LogP) is 2.66. The van der Waals surface area contributed by atoms with E-state index in [9.17, 15) is 4.79 Å². The Bertz CT molecular complexity index is 439. The average molecular weight is 248 g/mol. The number of anilines is 2. The zero-order valence-corrected chi connectivity index (χ0v) is 10.9. The first-order valence-electron chi connectivity index (χ1n) is 6.43. The summed E-state index contributed by atoms with van der Waals surface area (Å²) >= 11 is 0. The Morgan fingerprint density at radius 1 is 1.50 bits per heavy atom. The third-order valence-corrected chi connectivity index (χ3v) is 3.29. The molecule has 0 heterocycles. The van der Waals surface area contributed by atoms with Gasteiger partial charge in [0.25, 0.3) is 0 Å². The predicted molar refractivity (Wildman–Crippen MR) is 72.6 cm³/mol. The quantitative estimate of drug-likeness (QED) is 0.635. The van der Waals surface area contributed by atoms with Gasteiger partial charge in [-0.25, -0.2) is 4.79 Å². The highest BCUT2D eigenvalue weighted by Gasteiger charge is 2.25. The van der Waals surface area contributed by atoms with E-state index in [4.69, 9.17) is 10.5 Å². The van der Waals surface area contributed by atoms with Gasteiger partial charge in [0.2, 0.25) is 0 Å². The fraction of sp³-hybridized carbons (Fsp3) is 0.500. The Balaban J connectivity index is 2.08. The number of carbonyl (C=O) groups excluding carboxylic acids is 1. The van der Waals surface area contributed by atoms with Crippen molar-refractivity contribution in [1.82, 2.24) is 0 Å². The number of ether oxygens (including phenoxy) is 1. The Morgan fingerprint density at radius 3 is 2.83 bits per heavy atom. The maximum atomic E-state index is 11.7. The van der Waals surface area contributed by atoms with E-state index in [0.717, 1.165) is 11.6 Å². The number of carbonyl (C=O) groups is 1. The average Bonchev–Trinajstić information content (AvgIpc) is 2.29. The number of hydrogen-bond acceptors (Lipinski definition) is 4. The van der Waals surface area contributed by atoms with Crippen LogP contribution in [0.3, 0.4) is 0 Å². The Hall–Kier alpha value is -1.71. The van der Waals surface area contributed by atoms with E-state index >= 15 is 0 Å². The molecule has 1 aromatic carbocycles. The summed E-state index contributed by atoms with van der Waals surface area (Å²) in [7, 11) is 0. The molecular weight excluding hydrogens is 228 g/mol. The van der Waals surface area contributed by atoms with E-state index < -0.39 is 0 Å². The molecule has 18 heavy (non-hydrogen) atoms. The molecular formula is C14H20N2O2. The molecule has 98 valence electrons. The summed E-state index contributed by atoms with van der Waals surface area (Å²) in [4.78, 5) is 11.7. The molecule has 4 heteroatoms. The molecule has 0 amide bonds. The first-order valence-corrected chi connectivity index (χ1v) is 6.43. The van der Waals surface area contributed by atoms with Gasteiger partial charge in [-0.1, -0.05) is 6.92 Å². The minimum Gasteiger partial charge on any atom is -0.462 e. The maximum Gasteiger partial charge on any atom is 0.340 e. The van der Waals surface area contributed by atoms with Gasteiger partial charge in [0.05, 0.1) is 12.2 Å². The third-order valence-electron chi connectivity index (χ3n) is 3.29. The highest BCUT2D eigenvalue weighted by atomic mass is 16.5. The van der Waals surface area contributed by atoms with Crippen LogP contribution in [0.1, 0.15) is 37.0 Å². The van der Waals surface area contributed by atoms with Crippen LogP contribution in [0.5, 0.6) is 0 Å². The van der Waals surface area contributed by atoms with Crippen molar-refractivity contribution in [3.63, 3.8) is 0 Å². The second-order valence-corrected chi connectivity index (χ2v) is 4.94. The van der Waals surface area contributed by atoms with Crippen LogP contribution in [0.4, 0.5) is 11.4 Å². The lowest BCUT2D eigenvalue weighted by Crippen LogP contribution is -2.33. The van der Waals surface area contributed by atoms with Crippen LogP contribution in [-0.4, -0.2) is 18.6 Å². The standard InChI is InChI=1S/C14H20N2O2/c1-3-18-14(17)12-8-10(4-5-13(12)15)16-11-6-9(2)7-11/h4-5,8-9,11,16H,3,6-7,15H2,1-2H3. The number of esters is 1. The summed E-state index contributed by atoms with van der Waals surface area (Å²) in [6.45, 7) is 4.38. The minimum atomic E-state index is -0.361. The summed E-state index contributed by atoms with van der Waals surface area (Å²) in [5, 5.41) is 3.41. The molecule has 1 fully saturated rings. The summed E-state index contributed by atoms with van der Waals surface area (Å²) in [5.74, 6) is 0.432. The Kier molecular flexibility index (Phi) is 3.75. The molecule has 0 bridgehead atoms. The van der Waals surface area contributed by atoms with Gasteiger partial charge >= 0.3 is 5.97 Å². The second-order valence-electron chi connectivity index (χ2n) is 4.94. The van der Waals surface area contributed by atoms with E-state index in [-0.39, 0.29) is 5.97 Å². The lowest BCUT2D eigenvalue weighted by molar-refractivity contribution is 0.0527. The lowest BCUT2D eigenvalue weighted by Gasteiger charge is -2.34. The summed E-state index contributed by atoms with van der Waals surface area (Å²) in [6.07, 6.45) is 2.36. The van der Waals surface area contributed by atoms with Crippen LogP contribution in [0.15, 0.2) is 18.2 Å². The van der Waals surface area contributed by atoms with Gasteiger partial charge in [-0.05, 0) is 43.9 Å². The summed E-state index contributed by atoms with van der Waals surface area (Å²) in [6, 6.07) is 5.94. The Labute approximate surface area is 108 Å². The molecule has 1 aliphatic rings. The molecule has 0 aromatic heterocycles. The fourth-order valence-electron chi connectivity index (χ4n) is 2.29.